The van der Waals surface area contributed by atoms with Gasteiger partial charge in [-0.25, -0.2) is 4.79 Å². The lowest BCUT2D eigenvalue weighted by Crippen LogP contribution is -2.50. The van der Waals surface area contributed by atoms with Crippen LogP contribution in [0.1, 0.15) is 53.3 Å². The molecule has 2 aliphatic heterocycles. The van der Waals surface area contributed by atoms with E-state index in [1.807, 2.05) is 6.92 Å². The summed E-state index contributed by atoms with van der Waals surface area (Å²) in [6, 6.07) is 6.76. The van der Waals surface area contributed by atoms with Gasteiger partial charge in [0.15, 0.2) is 0 Å². The van der Waals surface area contributed by atoms with Crippen molar-refractivity contribution in [1.82, 2.24) is 14.7 Å². The smallest absolute Gasteiger partial charge is 0.409 e. The molecule has 1 fully saturated rings. The molecule has 2 heterocycles. The summed E-state index contributed by atoms with van der Waals surface area (Å²) in [7, 11) is 0. The third kappa shape index (κ3) is 4.75. The molecule has 8 heteroatoms. The molecule has 0 N–H and O–H groups in total. The van der Waals surface area contributed by atoms with E-state index in [2.05, 4.69) is 0 Å². The minimum absolute atomic E-state index is 0.0272. The summed E-state index contributed by atoms with van der Waals surface area (Å²) in [6.07, 6.45) is 2.17. The second-order valence-corrected chi connectivity index (χ2v) is 7.25. The molecule has 8 nitrogen and oxygen atoms in total. The number of unbranched alkanes of at least 4 members (excludes halogenated alkanes) is 1. The first-order valence-corrected chi connectivity index (χ1v) is 10.2. The number of benzene rings is 1. The van der Waals surface area contributed by atoms with Gasteiger partial charge < -0.3 is 14.5 Å². The molecular weight excluding hydrogens is 374 g/mol. The van der Waals surface area contributed by atoms with Crippen LogP contribution in [-0.2, 0) is 9.53 Å². The van der Waals surface area contributed by atoms with Crippen molar-refractivity contribution in [2.45, 2.75) is 32.6 Å². The van der Waals surface area contributed by atoms with Crippen LogP contribution in [-0.4, -0.2) is 77.8 Å². The van der Waals surface area contributed by atoms with Gasteiger partial charge in [0.25, 0.3) is 11.8 Å². The Hall–Kier alpha value is -2.90. The number of hydrogen-bond donors (Lipinski definition) is 0. The van der Waals surface area contributed by atoms with Gasteiger partial charge >= 0.3 is 6.09 Å². The highest BCUT2D eigenvalue weighted by molar-refractivity contribution is 6.21. The number of carbonyl (C=O) groups is 4. The third-order valence-corrected chi connectivity index (χ3v) is 5.26. The van der Waals surface area contributed by atoms with Crippen LogP contribution in [0.4, 0.5) is 4.79 Å². The van der Waals surface area contributed by atoms with Crippen LogP contribution in [0.15, 0.2) is 24.3 Å². The van der Waals surface area contributed by atoms with E-state index in [-0.39, 0.29) is 36.8 Å². The highest BCUT2D eigenvalue weighted by atomic mass is 16.6. The van der Waals surface area contributed by atoms with Gasteiger partial charge in [-0.3, -0.25) is 19.3 Å². The summed E-state index contributed by atoms with van der Waals surface area (Å²) in [5.41, 5.74) is 0.844. The van der Waals surface area contributed by atoms with E-state index in [1.165, 1.54) is 4.90 Å². The quantitative estimate of drug-likeness (QED) is 0.516. The van der Waals surface area contributed by atoms with Crippen molar-refractivity contribution >= 4 is 23.8 Å². The molecule has 0 spiro atoms. The molecule has 1 aromatic rings. The van der Waals surface area contributed by atoms with Crippen LogP contribution in [0.3, 0.4) is 0 Å². The number of hydrogen-bond acceptors (Lipinski definition) is 5. The van der Waals surface area contributed by atoms with Crippen LogP contribution in [0.25, 0.3) is 0 Å². The molecule has 156 valence electrons. The summed E-state index contributed by atoms with van der Waals surface area (Å²) >= 11 is 0. The molecule has 0 unspecified atom stereocenters. The lowest BCUT2D eigenvalue weighted by molar-refractivity contribution is -0.132. The number of carbonyl (C=O) groups excluding carboxylic acids is 4. The van der Waals surface area contributed by atoms with Crippen molar-refractivity contribution in [1.29, 1.82) is 0 Å². The molecule has 0 saturated carbocycles. The van der Waals surface area contributed by atoms with Gasteiger partial charge in [-0.1, -0.05) is 25.5 Å². The maximum absolute atomic E-state index is 12.4. The Bertz CT molecular complexity index is 751. The monoisotopic (exact) mass is 401 g/mol. The highest BCUT2D eigenvalue weighted by Gasteiger charge is 2.34. The second-order valence-electron chi connectivity index (χ2n) is 7.25. The molecule has 0 aliphatic carbocycles. The minimum atomic E-state index is -0.323. The van der Waals surface area contributed by atoms with Crippen LogP contribution in [0, 0.1) is 0 Å². The number of amides is 4. The molecular formula is C21H27N3O5. The van der Waals surface area contributed by atoms with Crippen molar-refractivity contribution in [2.24, 2.45) is 0 Å². The van der Waals surface area contributed by atoms with E-state index in [9.17, 15) is 19.2 Å². The average molecular weight is 401 g/mol. The molecule has 0 atom stereocenters. The van der Waals surface area contributed by atoms with Gasteiger partial charge in [0, 0.05) is 39.1 Å². The zero-order chi connectivity index (χ0) is 20.8. The van der Waals surface area contributed by atoms with Gasteiger partial charge in [0.2, 0.25) is 5.91 Å². The SMILES string of the molecule is CCCCOC(=O)N1CCN(C(=O)CCCN2C(=O)c3ccccc3C2=O)CC1. The Morgan fingerprint density at radius 2 is 1.52 bits per heavy atom. The molecule has 1 aromatic carbocycles. The van der Waals surface area contributed by atoms with E-state index in [0.717, 1.165) is 12.8 Å². The average Bonchev–Trinajstić information content (AvgIpc) is 2.99. The summed E-state index contributed by atoms with van der Waals surface area (Å²) in [4.78, 5) is 53.6. The Labute approximate surface area is 170 Å². The Morgan fingerprint density at radius 1 is 0.931 bits per heavy atom. The van der Waals surface area contributed by atoms with E-state index in [1.54, 1.807) is 34.1 Å². The van der Waals surface area contributed by atoms with Gasteiger partial charge in [-0.05, 0) is 25.0 Å². The molecule has 2 aliphatic rings. The van der Waals surface area contributed by atoms with Crippen LogP contribution >= 0.6 is 0 Å². The normalized spacial score (nSPS) is 16.2. The molecule has 0 radical (unpaired) electrons. The zero-order valence-electron chi connectivity index (χ0n) is 16.8. The predicted molar refractivity (Wildman–Crippen MR) is 105 cm³/mol. The molecule has 4 amide bonds. The maximum Gasteiger partial charge on any atom is 0.409 e. The topological polar surface area (TPSA) is 87.2 Å². The summed E-state index contributed by atoms with van der Waals surface area (Å²) in [5, 5.41) is 0. The standard InChI is InChI=1S/C21H27N3O5/c1-2-3-15-29-21(28)23-13-11-22(12-14-23)18(25)9-6-10-24-19(26)16-7-4-5-8-17(16)20(24)27/h4-5,7-8H,2-3,6,9-15H2,1H3. The Morgan fingerprint density at radius 3 is 2.10 bits per heavy atom. The number of fused-ring (bicyclic) bond motifs is 1. The second kappa shape index (κ2) is 9.54. The van der Waals surface area contributed by atoms with E-state index < -0.39 is 0 Å². The Balaban J connectivity index is 1.40. The van der Waals surface area contributed by atoms with Crippen molar-refractivity contribution in [3.05, 3.63) is 35.4 Å². The van der Waals surface area contributed by atoms with Gasteiger partial charge in [0.05, 0.1) is 17.7 Å². The van der Waals surface area contributed by atoms with E-state index >= 15 is 0 Å². The molecule has 0 aromatic heterocycles. The fraction of sp³-hybridized carbons (Fsp3) is 0.524. The van der Waals surface area contributed by atoms with Crippen LogP contribution in [0.5, 0.6) is 0 Å². The largest absolute Gasteiger partial charge is 0.449 e. The van der Waals surface area contributed by atoms with Gasteiger partial charge in [0.1, 0.15) is 0 Å². The van der Waals surface area contributed by atoms with E-state index in [4.69, 9.17) is 4.74 Å². The number of rotatable bonds is 7. The van der Waals surface area contributed by atoms with Crippen molar-refractivity contribution < 1.29 is 23.9 Å². The molecule has 1 saturated heterocycles. The van der Waals surface area contributed by atoms with Crippen molar-refractivity contribution in [3.63, 3.8) is 0 Å². The predicted octanol–water partition coefficient (Wildman–Crippen LogP) is 2.14. The fourth-order valence-electron chi connectivity index (χ4n) is 3.52. The van der Waals surface area contributed by atoms with Gasteiger partial charge in [-0.2, -0.15) is 0 Å². The minimum Gasteiger partial charge on any atom is -0.449 e. The number of imide groups is 1. The first-order valence-electron chi connectivity index (χ1n) is 10.2. The van der Waals surface area contributed by atoms with Crippen molar-refractivity contribution in [2.75, 3.05) is 39.3 Å². The molecule has 3 rings (SSSR count). The first kappa shape index (κ1) is 20.8. The number of ether oxygens (including phenoxy) is 1. The van der Waals surface area contributed by atoms with Gasteiger partial charge in [-0.15, -0.1) is 0 Å². The van der Waals surface area contributed by atoms with Crippen molar-refractivity contribution in [3.8, 4) is 0 Å². The summed E-state index contributed by atoms with van der Waals surface area (Å²) in [5.74, 6) is -0.623. The zero-order valence-corrected chi connectivity index (χ0v) is 16.8. The first-order chi connectivity index (χ1) is 14.0. The summed E-state index contributed by atoms with van der Waals surface area (Å²) in [6.45, 7) is 4.52. The highest BCUT2D eigenvalue weighted by Crippen LogP contribution is 2.22. The third-order valence-electron chi connectivity index (χ3n) is 5.26. The lowest BCUT2D eigenvalue weighted by atomic mass is 10.1. The lowest BCUT2D eigenvalue weighted by Gasteiger charge is -2.34. The Kier molecular flexibility index (Phi) is 6.85. The number of nitrogens with zero attached hydrogens (tertiary/aromatic N) is 3. The number of piperazine rings is 1. The fourth-order valence-corrected chi connectivity index (χ4v) is 3.52. The van der Waals surface area contributed by atoms with Crippen LogP contribution < -0.4 is 0 Å². The molecule has 29 heavy (non-hydrogen) atoms. The maximum atomic E-state index is 12.4. The summed E-state index contributed by atoms with van der Waals surface area (Å²) < 4.78 is 5.20. The van der Waals surface area contributed by atoms with E-state index in [0.29, 0.717) is 50.3 Å². The van der Waals surface area contributed by atoms with Crippen LogP contribution in [0.2, 0.25) is 0 Å². The molecule has 0 bridgehead atoms.